The van der Waals surface area contributed by atoms with Crippen LogP contribution in [0.1, 0.15) is 0 Å². The number of anilines is 9. The number of benzene rings is 16. The van der Waals surface area contributed by atoms with Crippen molar-refractivity contribution < 1.29 is 0 Å². The smallest absolute Gasteiger partial charge is 0.0561 e. The van der Waals surface area contributed by atoms with Crippen LogP contribution < -0.4 is 14.7 Å². The molecule has 0 N–H and O–H groups in total. The zero-order valence-corrected chi connectivity index (χ0v) is 43.1. The summed E-state index contributed by atoms with van der Waals surface area (Å²) in [5.74, 6) is 0. The SMILES string of the molecule is c1ccc2cc(N(c3ccc4ccccc4c3)c3ccc4ccc5c(N(c6ccc7ccccc7c6)c6ccc7ccccc7c6)cc(N(c6ccc7ccccc7c6)c6ccc7ccccc7c6)c6ccc3c4c56)ccc2c1. The third-order valence-corrected chi connectivity index (χ3v) is 16.4. The topological polar surface area (TPSA) is 9.72 Å². The average molecular weight is 1000 g/mol. The molecule has 0 fully saturated rings. The Balaban J connectivity index is 1.04. The fourth-order valence-electron chi connectivity index (χ4n) is 12.6. The van der Waals surface area contributed by atoms with Gasteiger partial charge in [-0.25, -0.2) is 0 Å². The van der Waals surface area contributed by atoms with E-state index in [9.17, 15) is 0 Å². The van der Waals surface area contributed by atoms with E-state index in [1.54, 1.807) is 0 Å². The number of hydrogen-bond acceptors (Lipinski definition) is 3. The number of nitrogens with zero attached hydrogens (tertiary/aromatic N) is 3. The number of rotatable bonds is 9. The molecule has 0 aliphatic carbocycles. The van der Waals surface area contributed by atoms with Crippen LogP contribution >= 0.6 is 0 Å². The fraction of sp³-hybridized carbons (Fsp3) is 0. The Hall–Kier alpha value is -10.5. The van der Waals surface area contributed by atoms with Gasteiger partial charge in [0.25, 0.3) is 0 Å². The van der Waals surface area contributed by atoms with Gasteiger partial charge in [-0.1, -0.05) is 212 Å². The van der Waals surface area contributed by atoms with E-state index in [1.807, 2.05) is 0 Å². The van der Waals surface area contributed by atoms with Crippen LogP contribution in [0.3, 0.4) is 0 Å². The first-order valence-electron chi connectivity index (χ1n) is 27.2. The molecule has 0 aliphatic rings. The van der Waals surface area contributed by atoms with E-state index in [0.29, 0.717) is 0 Å². The molecule has 368 valence electrons. The molecule has 16 rings (SSSR count). The predicted octanol–water partition coefficient (Wildman–Crippen LogP) is 21.9. The largest absolute Gasteiger partial charge is 0.310 e. The number of fused-ring (bicyclic) bond motifs is 6. The van der Waals surface area contributed by atoms with Gasteiger partial charge in [-0.3, -0.25) is 0 Å². The molecular formula is C76H49N3. The van der Waals surface area contributed by atoms with Crippen molar-refractivity contribution in [2.24, 2.45) is 0 Å². The van der Waals surface area contributed by atoms with E-state index >= 15 is 0 Å². The normalized spacial score (nSPS) is 11.8. The van der Waals surface area contributed by atoms with Crippen LogP contribution in [0, 0.1) is 0 Å². The highest BCUT2D eigenvalue weighted by molar-refractivity contribution is 6.31. The summed E-state index contributed by atoms with van der Waals surface area (Å²) < 4.78 is 0. The van der Waals surface area contributed by atoms with Crippen molar-refractivity contribution in [1.29, 1.82) is 0 Å². The van der Waals surface area contributed by atoms with Crippen LogP contribution in [0.2, 0.25) is 0 Å². The van der Waals surface area contributed by atoms with Gasteiger partial charge in [0, 0.05) is 55.7 Å². The van der Waals surface area contributed by atoms with Gasteiger partial charge in [0.1, 0.15) is 0 Å². The van der Waals surface area contributed by atoms with E-state index in [1.165, 1.54) is 86.2 Å². The van der Waals surface area contributed by atoms with Crippen molar-refractivity contribution in [2.75, 3.05) is 14.7 Å². The van der Waals surface area contributed by atoms with Crippen LogP contribution in [0.15, 0.2) is 297 Å². The molecule has 79 heavy (non-hydrogen) atoms. The Morgan fingerprint density at radius 2 is 0.380 bits per heavy atom. The van der Waals surface area contributed by atoms with Crippen LogP contribution in [0.4, 0.5) is 51.2 Å². The summed E-state index contributed by atoms with van der Waals surface area (Å²) in [6.45, 7) is 0. The maximum Gasteiger partial charge on any atom is 0.0561 e. The minimum Gasteiger partial charge on any atom is -0.310 e. The van der Waals surface area contributed by atoms with E-state index in [4.69, 9.17) is 0 Å². The number of hydrogen-bond donors (Lipinski definition) is 0. The first-order valence-corrected chi connectivity index (χ1v) is 27.2. The molecule has 0 aromatic heterocycles. The van der Waals surface area contributed by atoms with Gasteiger partial charge >= 0.3 is 0 Å². The Bertz CT molecular complexity index is 4660. The second kappa shape index (κ2) is 18.1. The maximum absolute atomic E-state index is 2.50. The van der Waals surface area contributed by atoms with Crippen molar-refractivity contribution >= 4 is 148 Å². The summed E-state index contributed by atoms with van der Waals surface area (Å²) in [6, 6.07) is 110. The minimum absolute atomic E-state index is 1.08. The summed E-state index contributed by atoms with van der Waals surface area (Å²) >= 11 is 0. The molecule has 16 aromatic rings. The molecule has 0 saturated carbocycles. The Labute approximate surface area is 457 Å². The lowest BCUT2D eigenvalue weighted by molar-refractivity contribution is 1.28. The molecule has 0 saturated heterocycles. The summed E-state index contributed by atoms with van der Waals surface area (Å²) in [6.07, 6.45) is 0. The third-order valence-electron chi connectivity index (χ3n) is 16.4. The van der Waals surface area contributed by atoms with Gasteiger partial charge in [0.05, 0.1) is 17.1 Å². The molecule has 3 heteroatoms. The second-order valence-corrected chi connectivity index (χ2v) is 20.9. The molecule has 0 atom stereocenters. The zero-order valence-electron chi connectivity index (χ0n) is 43.1. The van der Waals surface area contributed by atoms with E-state index in [-0.39, 0.29) is 0 Å². The monoisotopic (exact) mass is 1000 g/mol. The zero-order chi connectivity index (χ0) is 52.0. The van der Waals surface area contributed by atoms with Crippen molar-refractivity contribution in [3.63, 3.8) is 0 Å². The van der Waals surface area contributed by atoms with Gasteiger partial charge in [0.15, 0.2) is 0 Å². The summed E-state index contributed by atoms with van der Waals surface area (Å²) in [7, 11) is 0. The van der Waals surface area contributed by atoms with Gasteiger partial charge in [-0.15, -0.1) is 0 Å². The Kier molecular flexibility index (Phi) is 10.3. The summed E-state index contributed by atoms with van der Waals surface area (Å²) in [5, 5.41) is 21.5. The van der Waals surface area contributed by atoms with Crippen LogP contribution in [-0.2, 0) is 0 Å². The maximum atomic E-state index is 2.50. The first-order chi connectivity index (χ1) is 39.1. The van der Waals surface area contributed by atoms with Gasteiger partial charge in [0.2, 0.25) is 0 Å². The lowest BCUT2D eigenvalue weighted by atomic mass is 9.90. The van der Waals surface area contributed by atoms with Crippen LogP contribution in [0.5, 0.6) is 0 Å². The molecule has 3 nitrogen and oxygen atoms in total. The van der Waals surface area contributed by atoms with E-state index < -0.39 is 0 Å². The molecular weight excluding hydrogens is 955 g/mol. The molecule has 0 radical (unpaired) electrons. The molecule has 0 unspecified atom stereocenters. The van der Waals surface area contributed by atoms with Gasteiger partial charge in [-0.05, 0) is 160 Å². The van der Waals surface area contributed by atoms with Crippen molar-refractivity contribution in [3.8, 4) is 0 Å². The summed E-state index contributed by atoms with van der Waals surface area (Å²) in [5.41, 5.74) is 9.80. The molecule has 16 aromatic carbocycles. The standard InChI is InChI=1S/C76H49N3/c1-7-19-57-43-63(33-25-50(57)13-1)77(64-34-26-51-14-2-8-20-58(51)44-64)72-42-32-56-31-39-70-73(78(65-35-27-52-15-3-9-21-59(52)45-65)66-36-28-53-16-4-10-22-60(53)46-66)49-74(71-41-40-69(72)75(56)76(70)71)79(67-37-29-54-17-5-11-23-61(54)47-67)68-38-30-55-18-6-12-24-62(55)48-68/h1-49H. The first kappa shape index (κ1) is 44.8. The van der Waals surface area contributed by atoms with Gasteiger partial charge < -0.3 is 14.7 Å². The molecule has 0 aliphatic heterocycles. The Morgan fingerprint density at radius 3 is 0.684 bits per heavy atom. The highest BCUT2D eigenvalue weighted by Crippen LogP contribution is 2.53. The van der Waals surface area contributed by atoms with E-state index in [0.717, 1.165) is 62.0 Å². The lowest BCUT2D eigenvalue weighted by Gasteiger charge is -2.33. The highest BCUT2D eigenvalue weighted by Gasteiger charge is 2.27. The third kappa shape index (κ3) is 7.51. The lowest BCUT2D eigenvalue weighted by Crippen LogP contribution is -2.15. The van der Waals surface area contributed by atoms with Gasteiger partial charge in [-0.2, -0.15) is 0 Å². The highest BCUT2D eigenvalue weighted by atomic mass is 15.2. The quantitative estimate of drug-likeness (QED) is 0.133. The van der Waals surface area contributed by atoms with E-state index in [2.05, 4.69) is 312 Å². The predicted molar refractivity (Wildman–Crippen MR) is 339 cm³/mol. The van der Waals surface area contributed by atoms with Crippen molar-refractivity contribution in [2.45, 2.75) is 0 Å². The minimum atomic E-state index is 1.08. The Morgan fingerprint density at radius 1 is 0.152 bits per heavy atom. The second-order valence-electron chi connectivity index (χ2n) is 20.9. The van der Waals surface area contributed by atoms with Crippen molar-refractivity contribution in [3.05, 3.63) is 297 Å². The van der Waals surface area contributed by atoms with Crippen LogP contribution in [0.25, 0.3) is 97.0 Å². The van der Waals surface area contributed by atoms with Crippen LogP contribution in [-0.4, -0.2) is 0 Å². The summed E-state index contributed by atoms with van der Waals surface area (Å²) in [4.78, 5) is 7.48. The van der Waals surface area contributed by atoms with Crippen molar-refractivity contribution in [1.82, 2.24) is 0 Å². The fourth-order valence-corrected chi connectivity index (χ4v) is 12.6. The molecule has 0 spiro atoms. The molecule has 0 bridgehead atoms. The molecule has 0 heterocycles. The average Bonchev–Trinajstić information content (AvgIpc) is 3.64. The molecule has 0 amide bonds.